The Morgan fingerprint density at radius 2 is 2.14 bits per heavy atom. The maximum Gasteiger partial charge on any atom is 0.125 e. The monoisotopic (exact) mass is 236 g/mol. The second-order valence-corrected chi connectivity index (χ2v) is 3.54. The van der Waals surface area contributed by atoms with Crippen molar-refractivity contribution in [3.8, 4) is 0 Å². The Morgan fingerprint density at radius 3 is 2.64 bits per heavy atom. The van der Waals surface area contributed by atoms with Crippen LogP contribution in [0.15, 0.2) is 12.3 Å². The van der Waals surface area contributed by atoms with Crippen molar-refractivity contribution in [1.82, 2.24) is 4.98 Å². The van der Waals surface area contributed by atoms with E-state index in [1.165, 1.54) is 12.3 Å². The van der Waals surface area contributed by atoms with Crippen molar-refractivity contribution in [2.24, 2.45) is 0 Å². The Hall–Kier alpha value is -0.550. The molecule has 0 aliphatic heterocycles. The molecule has 4 N–H and O–H groups in total. The highest BCUT2D eigenvalue weighted by Crippen LogP contribution is 2.23. The molecule has 1 aromatic rings. The first-order valence-electron chi connectivity index (χ1n) is 3.89. The predicted octanol–water partition coefficient (Wildman–Crippen LogP) is 0.950. The third kappa shape index (κ3) is 2.48. The summed E-state index contributed by atoms with van der Waals surface area (Å²) < 4.78 is 0. The number of aliphatic hydroxyl groups is 2. The minimum absolute atomic E-state index is 0.0923. The highest BCUT2D eigenvalue weighted by Gasteiger charge is 2.20. The Balaban J connectivity index is 2.95. The number of alkyl halides is 1. The van der Waals surface area contributed by atoms with E-state index in [0.29, 0.717) is 5.02 Å². The van der Waals surface area contributed by atoms with Gasteiger partial charge in [0.2, 0.25) is 0 Å². The van der Waals surface area contributed by atoms with Gasteiger partial charge < -0.3 is 15.9 Å². The first-order chi connectivity index (χ1) is 6.56. The molecular formula is C8H10Cl2N2O2. The van der Waals surface area contributed by atoms with E-state index >= 15 is 0 Å². The van der Waals surface area contributed by atoms with Gasteiger partial charge in [0.15, 0.2) is 0 Å². The first-order valence-corrected chi connectivity index (χ1v) is 4.80. The summed E-state index contributed by atoms with van der Waals surface area (Å²) in [5.41, 5.74) is 5.97. The summed E-state index contributed by atoms with van der Waals surface area (Å²) in [5, 5.41) is 19.2. The van der Waals surface area contributed by atoms with Gasteiger partial charge in [0.25, 0.3) is 0 Å². The Kier molecular flexibility index (Phi) is 3.95. The van der Waals surface area contributed by atoms with E-state index in [4.69, 9.17) is 28.9 Å². The van der Waals surface area contributed by atoms with E-state index in [0.717, 1.165) is 0 Å². The van der Waals surface area contributed by atoms with Crippen LogP contribution in [-0.2, 0) is 0 Å². The second-order valence-electron chi connectivity index (χ2n) is 2.79. The standard InChI is InChI=1S/C8H10Cl2N2O2/c9-2-6(13)8(14)7-5(11)1-4(10)3-12-7/h1,3,6,8,13-14H,2,11H2. The lowest BCUT2D eigenvalue weighted by atomic mass is 10.1. The van der Waals surface area contributed by atoms with Crippen molar-refractivity contribution in [1.29, 1.82) is 0 Å². The van der Waals surface area contributed by atoms with E-state index in [1.807, 2.05) is 0 Å². The van der Waals surface area contributed by atoms with Crippen molar-refractivity contribution in [2.75, 3.05) is 11.6 Å². The number of hydrogen-bond acceptors (Lipinski definition) is 4. The molecule has 0 saturated heterocycles. The number of halogens is 2. The van der Waals surface area contributed by atoms with Crippen molar-refractivity contribution in [3.63, 3.8) is 0 Å². The van der Waals surface area contributed by atoms with Crippen LogP contribution >= 0.6 is 23.2 Å². The minimum atomic E-state index is -1.19. The topological polar surface area (TPSA) is 79.4 Å². The largest absolute Gasteiger partial charge is 0.397 e. The lowest BCUT2D eigenvalue weighted by Gasteiger charge is -2.16. The number of pyridine rings is 1. The molecule has 2 unspecified atom stereocenters. The van der Waals surface area contributed by atoms with Crippen molar-refractivity contribution >= 4 is 28.9 Å². The third-order valence-electron chi connectivity index (χ3n) is 1.72. The van der Waals surface area contributed by atoms with Crippen LogP contribution in [0.2, 0.25) is 5.02 Å². The van der Waals surface area contributed by atoms with Gasteiger partial charge >= 0.3 is 0 Å². The van der Waals surface area contributed by atoms with Gasteiger partial charge in [-0.15, -0.1) is 11.6 Å². The van der Waals surface area contributed by atoms with Gasteiger partial charge in [-0.25, -0.2) is 0 Å². The molecule has 0 bridgehead atoms. The van der Waals surface area contributed by atoms with Gasteiger partial charge in [0.05, 0.1) is 28.4 Å². The smallest absolute Gasteiger partial charge is 0.125 e. The van der Waals surface area contributed by atoms with Crippen LogP contribution < -0.4 is 5.73 Å². The average molecular weight is 237 g/mol. The van der Waals surface area contributed by atoms with Crippen LogP contribution in [0.1, 0.15) is 11.8 Å². The molecule has 0 spiro atoms. The summed E-state index contributed by atoms with van der Waals surface area (Å²) in [7, 11) is 0. The molecule has 4 nitrogen and oxygen atoms in total. The summed E-state index contributed by atoms with van der Waals surface area (Å²) in [5.74, 6) is -0.0923. The van der Waals surface area contributed by atoms with E-state index in [9.17, 15) is 10.2 Å². The SMILES string of the molecule is Nc1cc(Cl)cnc1C(O)C(O)CCl. The van der Waals surface area contributed by atoms with Crippen LogP contribution in [0.5, 0.6) is 0 Å². The van der Waals surface area contributed by atoms with Gasteiger partial charge in [-0.2, -0.15) is 0 Å². The van der Waals surface area contributed by atoms with E-state index < -0.39 is 12.2 Å². The quantitative estimate of drug-likeness (QED) is 0.684. The average Bonchev–Trinajstić information content (AvgIpc) is 2.15. The number of nitrogen functional groups attached to an aromatic ring is 1. The van der Waals surface area contributed by atoms with Crippen LogP contribution in [0.3, 0.4) is 0 Å². The fraction of sp³-hybridized carbons (Fsp3) is 0.375. The lowest BCUT2D eigenvalue weighted by molar-refractivity contribution is 0.0305. The zero-order valence-electron chi connectivity index (χ0n) is 7.19. The van der Waals surface area contributed by atoms with Crippen LogP contribution in [-0.4, -0.2) is 27.2 Å². The summed E-state index contributed by atoms with van der Waals surface area (Å²) in [4.78, 5) is 3.82. The fourth-order valence-corrected chi connectivity index (χ4v) is 1.31. The highest BCUT2D eigenvalue weighted by molar-refractivity contribution is 6.30. The van der Waals surface area contributed by atoms with E-state index in [1.54, 1.807) is 0 Å². The predicted molar refractivity (Wildman–Crippen MR) is 55.3 cm³/mol. The molecule has 0 aliphatic carbocycles. The van der Waals surface area contributed by atoms with Crippen LogP contribution in [0, 0.1) is 0 Å². The number of aromatic nitrogens is 1. The van der Waals surface area contributed by atoms with Crippen molar-refractivity contribution in [3.05, 3.63) is 23.0 Å². The van der Waals surface area contributed by atoms with Gasteiger partial charge in [-0.05, 0) is 6.07 Å². The van der Waals surface area contributed by atoms with Gasteiger partial charge in [0.1, 0.15) is 6.10 Å². The van der Waals surface area contributed by atoms with Gasteiger partial charge in [0, 0.05) is 6.20 Å². The molecule has 1 aromatic heterocycles. The van der Waals surface area contributed by atoms with Crippen molar-refractivity contribution < 1.29 is 10.2 Å². The number of nitrogens with two attached hydrogens (primary N) is 1. The lowest BCUT2D eigenvalue weighted by Crippen LogP contribution is -2.21. The maximum atomic E-state index is 9.54. The molecule has 0 fully saturated rings. The molecule has 0 radical (unpaired) electrons. The summed E-state index contributed by atoms with van der Waals surface area (Å²) in [6.07, 6.45) is -0.936. The molecule has 0 aliphatic rings. The zero-order valence-corrected chi connectivity index (χ0v) is 8.70. The maximum absolute atomic E-state index is 9.54. The minimum Gasteiger partial charge on any atom is -0.397 e. The third-order valence-corrected chi connectivity index (χ3v) is 2.24. The molecule has 1 heterocycles. The molecule has 0 aromatic carbocycles. The van der Waals surface area contributed by atoms with Gasteiger partial charge in [-0.1, -0.05) is 11.6 Å². The Morgan fingerprint density at radius 1 is 1.50 bits per heavy atom. The highest BCUT2D eigenvalue weighted by atomic mass is 35.5. The zero-order chi connectivity index (χ0) is 10.7. The number of anilines is 1. The summed E-state index contributed by atoms with van der Waals surface area (Å²) in [6, 6.07) is 1.45. The number of hydrogen-bond donors (Lipinski definition) is 3. The summed E-state index contributed by atoms with van der Waals surface area (Å²) >= 11 is 11.0. The molecule has 1 rings (SSSR count). The number of nitrogens with zero attached hydrogens (tertiary/aromatic N) is 1. The summed E-state index contributed by atoms with van der Waals surface area (Å²) in [6.45, 7) is 0. The molecule has 0 saturated carbocycles. The second kappa shape index (κ2) is 4.79. The van der Waals surface area contributed by atoms with Crippen LogP contribution in [0.25, 0.3) is 0 Å². The molecule has 78 valence electrons. The molecule has 2 atom stereocenters. The number of rotatable bonds is 3. The first kappa shape index (κ1) is 11.5. The van der Waals surface area contributed by atoms with E-state index in [-0.39, 0.29) is 17.3 Å². The molecular weight excluding hydrogens is 227 g/mol. The molecule has 0 amide bonds. The Labute approximate surface area is 91.3 Å². The number of aliphatic hydroxyl groups excluding tert-OH is 2. The normalized spacial score (nSPS) is 15.1. The Bertz CT molecular complexity index is 322. The fourth-order valence-electron chi connectivity index (χ4n) is 0.979. The van der Waals surface area contributed by atoms with Crippen LogP contribution in [0.4, 0.5) is 5.69 Å². The molecule has 14 heavy (non-hydrogen) atoms. The van der Waals surface area contributed by atoms with Crippen molar-refractivity contribution in [2.45, 2.75) is 12.2 Å². The molecule has 6 heteroatoms. The van der Waals surface area contributed by atoms with Gasteiger partial charge in [-0.3, -0.25) is 4.98 Å². The van der Waals surface area contributed by atoms with E-state index in [2.05, 4.69) is 4.98 Å².